The Morgan fingerprint density at radius 3 is 2.39 bits per heavy atom. The van der Waals surface area contributed by atoms with Crippen LogP contribution in [0, 0.1) is 29.2 Å². The number of ether oxygens (including phenoxy) is 3. The van der Waals surface area contributed by atoms with E-state index in [1.807, 2.05) is 61.5 Å². The molecule has 0 unspecified atom stereocenters. The van der Waals surface area contributed by atoms with E-state index in [1.165, 1.54) is 18.2 Å². The summed E-state index contributed by atoms with van der Waals surface area (Å²) in [5.41, 5.74) is 0.942. The molecule has 13 nitrogen and oxygen atoms in total. The maximum atomic E-state index is 14.4. The zero-order valence-corrected chi connectivity index (χ0v) is 35.2. The van der Waals surface area contributed by atoms with E-state index in [-0.39, 0.29) is 49.5 Å². The van der Waals surface area contributed by atoms with Gasteiger partial charge in [-0.2, -0.15) is 5.26 Å². The number of unbranched alkanes of at least 4 members (excludes halogenated alkanes) is 1. The summed E-state index contributed by atoms with van der Waals surface area (Å²) in [6.45, 7) is 7.83. The third-order valence-electron chi connectivity index (χ3n) is 10.9. The van der Waals surface area contributed by atoms with Crippen LogP contribution < -0.4 is 16.0 Å². The highest BCUT2D eigenvalue weighted by Gasteiger charge is 2.36. The van der Waals surface area contributed by atoms with Crippen LogP contribution in [0.5, 0.6) is 0 Å². The number of methoxy groups -OCH3 is 1. The van der Waals surface area contributed by atoms with Crippen molar-refractivity contribution in [1.29, 1.82) is 5.26 Å². The van der Waals surface area contributed by atoms with Crippen LogP contribution in [0.4, 0.5) is 0 Å². The van der Waals surface area contributed by atoms with E-state index in [0.717, 1.165) is 44.1 Å². The molecule has 0 radical (unpaired) electrons. The van der Waals surface area contributed by atoms with E-state index < -0.39 is 30.3 Å². The van der Waals surface area contributed by atoms with Crippen molar-refractivity contribution < 1.29 is 33.7 Å². The summed E-state index contributed by atoms with van der Waals surface area (Å²) < 4.78 is 17.4. The van der Waals surface area contributed by atoms with E-state index in [2.05, 4.69) is 27.9 Å². The number of carbonyl (C=O) groups is 3. The zero-order chi connectivity index (χ0) is 40.7. The first-order valence-electron chi connectivity index (χ1n) is 20.7. The van der Waals surface area contributed by atoms with Crippen molar-refractivity contribution in [2.45, 2.75) is 135 Å². The number of amidine groups is 1. The predicted molar refractivity (Wildman–Crippen MR) is 221 cm³/mol. The molecule has 1 saturated heterocycles. The van der Waals surface area contributed by atoms with Gasteiger partial charge >= 0.3 is 0 Å². The lowest BCUT2D eigenvalue weighted by molar-refractivity contribution is -0.157. The summed E-state index contributed by atoms with van der Waals surface area (Å²) in [7, 11) is 1.59. The van der Waals surface area contributed by atoms with Crippen LogP contribution in [0.1, 0.15) is 103 Å². The van der Waals surface area contributed by atoms with Gasteiger partial charge in [0.1, 0.15) is 19.0 Å². The smallest absolute Gasteiger partial charge is 0.252 e. The molecule has 1 aliphatic heterocycles. The molecular weight excluding hydrogens is 733 g/mol. The number of nitrogens with one attached hydrogen (secondary N) is 3. The number of nitrogens with zero attached hydrogens (tertiary/aromatic N) is 3. The van der Waals surface area contributed by atoms with Gasteiger partial charge in [-0.25, -0.2) is 0 Å². The van der Waals surface area contributed by atoms with Crippen molar-refractivity contribution >= 4 is 34.7 Å². The molecule has 56 heavy (non-hydrogen) atoms. The SMILES string of the molecule is CCCC[C@H](O[C@@H](Cc1ccccc1)C(=O)N1CCC(OCOC)CC1)C(=O)N[C@@H](CC1CCCCC1)[C@@H](O)C[C@H](C(=O)NCCN=C(NC#N)SC)C(C)C. The van der Waals surface area contributed by atoms with Gasteiger partial charge in [0.05, 0.1) is 24.8 Å². The Labute approximate surface area is 339 Å². The number of amides is 3. The van der Waals surface area contributed by atoms with Crippen molar-refractivity contribution in [3.8, 4) is 6.19 Å². The number of likely N-dealkylation sites (tertiary alicyclic amines) is 1. The first-order valence-corrected chi connectivity index (χ1v) is 21.9. The van der Waals surface area contributed by atoms with E-state index >= 15 is 0 Å². The van der Waals surface area contributed by atoms with Crippen LogP contribution in [-0.4, -0.2) is 110 Å². The summed E-state index contributed by atoms with van der Waals surface area (Å²) in [5, 5.41) is 29.9. The molecule has 1 aromatic rings. The minimum atomic E-state index is -0.977. The minimum Gasteiger partial charge on any atom is -0.391 e. The van der Waals surface area contributed by atoms with Gasteiger partial charge in [0.25, 0.3) is 5.91 Å². The van der Waals surface area contributed by atoms with Gasteiger partial charge in [0.15, 0.2) is 11.4 Å². The fourth-order valence-electron chi connectivity index (χ4n) is 7.63. The zero-order valence-electron chi connectivity index (χ0n) is 34.4. The summed E-state index contributed by atoms with van der Waals surface area (Å²) in [4.78, 5) is 48.1. The molecule has 4 N–H and O–H groups in total. The van der Waals surface area contributed by atoms with E-state index in [9.17, 15) is 19.5 Å². The first kappa shape index (κ1) is 47.2. The number of hydrogen-bond acceptors (Lipinski definition) is 10. The highest BCUT2D eigenvalue weighted by Crippen LogP contribution is 2.30. The van der Waals surface area contributed by atoms with Gasteiger partial charge < -0.3 is 34.9 Å². The summed E-state index contributed by atoms with van der Waals surface area (Å²) in [5.74, 6) is -0.885. The van der Waals surface area contributed by atoms with Gasteiger partial charge in [0.2, 0.25) is 11.8 Å². The summed E-state index contributed by atoms with van der Waals surface area (Å²) >= 11 is 1.31. The van der Waals surface area contributed by atoms with E-state index in [4.69, 9.17) is 19.5 Å². The van der Waals surface area contributed by atoms with Crippen LogP contribution in [0.15, 0.2) is 35.3 Å². The van der Waals surface area contributed by atoms with Crippen LogP contribution in [0.3, 0.4) is 0 Å². The molecule has 2 aliphatic rings. The number of carbonyl (C=O) groups excluding carboxylic acids is 3. The molecule has 314 valence electrons. The quantitative estimate of drug-likeness (QED) is 0.0289. The Morgan fingerprint density at radius 1 is 1.05 bits per heavy atom. The molecule has 3 rings (SSSR count). The molecule has 3 amide bonds. The predicted octanol–water partition coefficient (Wildman–Crippen LogP) is 5.17. The second-order valence-corrected chi connectivity index (χ2v) is 16.3. The topological polar surface area (TPSA) is 175 Å². The van der Waals surface area contributed by atoms with Crippen molar-refractivity contribution in [2.75, 3.05) is 46.3 Å². The van der Waals surface area contributed by atoms with Gasteiger partial charge in [-0.3, -0.25) is 24.7 Å². The number of hydrogen-bond donors (Lipinski definition) is 4. The number of aliphatic imine (C=N–C) groups is 1. The average Bonchev–Trinajstić information content (AvgIpc) is 3.21. The molecule has 0 spiro atoms. The molecule has 0 aromatic heterocycles. The third kappa shape index (κ3) is 16.7. The van der Waals surface area contributed by atoms with Crippen molar-refractivity contribution in [1.82, 2.24) is 20.9 Å². The van der Waals surface area contributed by atoms with Crippen molar-refractivity contribution in [2.24, 2.45) is 22.7 Å². The lowest BCUT2D eigenvalue weighted by Gasteiger charge is -2.36. The largest absolute Gasteiger partial charge is 0.391 e. The lowest BCUT2D eigenvalue weighted by Crippen LogP contribution is -2.52. The molecular formula is C42H68N6O7S. The van der Waals surface area contributed by atoms with Crippen LogP contribution >= 0.6 is 11.8 Å². The number of rotatable bonds is 23. The normalized spacial score (nSPS) is 18.4. The standard InChI is InChI=1S/C42H68N6O7S/c1-6-7-18-37(55-38(26-32-16-12-9-13-17-32)41(52)48-23-19-33(20-24-48)54-29-53-4)40(51)47-35(25-31-14-10-8-11-15-31)36(49)27-34(30(2)3)39(50)44-21-22-45-42(56-5)46-28-43/h9,12-13,16-17,30-31,33-38,49H,6-8,10-11,14-15,18-27,29H2,1-5H3,(H,44,50)(H,45,46)(H,47,51)/t34-,35-,36-,37-,38-/m0/s1. The van der Waals surface area contributed by atoms with Crippen molar-refractivity contribution in [3.63, 3.8) is 0 Å². The van der Waals surface area contributed by atoms with Crippen molar-refractivity contribution in [3.05, 3.63) is 35.9 Å². The Balaban J connectivity index is 1.79. The Morgan fingerprint density at radius 2 is 1.77 bits per heavy atom. The number of benzene rings is 1. The fraction of sp³-hybridized carbons (Fsp3) is 0.738. The highest BCUT2D eigenvalue weighted by molar-refractivity contribution is 8.13. The summed E-state index contributed by atoms with van der Waals surface area (Å²) in [6, 6.07) is 9.14. The molecule has 1 aliphatic carbocycles. The molecule has 14 heteroatoms. The number of piperidine rings is 1. The van der Waals surface area contributed by atoms with Crippen LogP contribution in [0.25, 0.3) is 0 Å². The van der Waals surface area contributed by atoms with Gasteiger partial charge in [0, 0.05) is 39.1 Å². The van der Waals surface area contributed by atoms with Gasteiger partial charge in [-0.05, 0) is 55.8 Å². The monoisotopic (exact) mass is 800 g/mol. The van der Waals surface area contributed by atoms with Crippen LogP contribution in [0.2, 0.25) is 0 Å². The molecule has 1 heterocycles. The van der Waals surface area contributed by atoms with Gasteiger partial charge in [-0.1, -0.05) is 108 Å². The molecule has 0 bridgehead atoms. The molecule has 1 aromatic carbocycles. The Kier molecular flexibility index (Phi) is 22.4. The Hall–Kier alpha value is -3.22. The van der Waals surface area contributed by atoms with E-state index in [1.54, 1.807) is 7.11 Å². The number of nitriles is 1. The van der Waals surface area contributed by atoms with Gasteiger partial charge in [-0.15, -0.1) is 0 Å². The number of aliphatic hydroxyl groups is 1. The molecule has 1 saturated carbocycles. The second kappa shape index (κ2) is 26.7. The number of aliphatic hydroxyl groups excluding tert-OH is 1. The minimum absolute atomic E-state index is 0.0181. The highest BCUT2D eigenvalue weighted by atomic mass is 32.2. The maximum absolute atomic E-state index is 14.4. The van der Waals surface area contributed by atoms with E-state index in [0.29, 0.717) is 62.8 Å². The lowest BCUT2D eigenvalue weighted by atomic mass is 9.81. The molecule has 2 fully saturated rings. The fourth-order valence-corrected chi connectivity index (χ4v) is 8.00. The first-order chi connectivity index (χ1) is 27.1. The third-order valence-corrected chi connectivity index (χ3v) is 11.5. The second-order valence-electron chi connectivity index (χ2n) is 15.5. The maximum Gasteiger partial charge on any atom is 0.252 e. The van der Waals surface area contributed by atoms with Crippen LogP contribution in [-0.2, 0) is 35.0 Å². The number of thioether (sulfide) groups is 1. The average molecular weight is 801 g/mol. The molecule has 5 atom stereocenters. The Bertz CT molecular complexity index is 1360. The summed E-state index contributed by atoms with van der Waals surface area (Å²) in [6.07, 6.45) is 10.9.